The summed E-state index contributed by atoms with van der Waals surface area (Å²) in [5.74, 6) is -0.471. The zero-order valence-corrected chi connectivity index (χ0v) is 20.9. The minimum atomic E-state index is -3.83. The lowest BCUT2D eigenvalue weighted by Gasteiger charge is -2.32. The van der Waals surface area contributed by atoms with Crippen molar-refractivity contribution in [3.05, 3.63) is 59.2 Å². The second-order valence-electron chi connectivity index (χ2n) is 8.02. The van der Waals surface area contributed by atoms with Gasteiger partial charge in [0.05, 0.1) is 19.1 Å². The molecular formula is C24H33N3O5S. The Bertz CT molecular complexity index is 1080. The zero-order valence-electron chi connectivity index (χ0n) is 20.1. The molecule has 0 heterocycles. The molecule has 9 heteroatoms. The topological polar surface area (TPSA) is 96.0 Å². The quantitative estimate of drug-likeness (QED) is 0.570. The van der Waals surface area contributed by atoms with Crippen LogP contribution in [0.2, 0.25) is 0 Å². The number of ether oxygens (including phenoxy) is 1. The van der Waals surface area contributed by atoms with Crippen LogP contribution in [0.5, 0.6) is 5.75 Å². The highest BCUT2D eigenvalue weighted by Gasteiger charge is 2.31. The number of amides is 2. The number of aryl methyl sites for hydroxylation is 2. The number of anilines is 1. The molecule has 1 N–H and O–H groups in total. The van der Waals surface area contributed by atoms with Crippen molar-refractivity contribution in [1.82, 2.24) is 10.2 Å². The lowest BCUT2D eigenvalue weighted by atomic mass is 10.1. The van der Waals surface area contributed by atoms with Crippen LogP contribution in [0.4, 0.5) is 5.69 Å². The summed E-state index contributed by atoms with van der Waals surface area (Å²) >= 11 is 0. The van der Waals surface area contributed by atoms with E-state index in [4.69, 9.17) is 4.74 Å². The van der Waals surface area contributed by atoms with Gasteiger partial charge in [0.2, 0.25) is 21.8 Å². The molecule has 0 saturated carbocycles. The number of methoxy groups -OCH3 is 1. The minimum absolute atomic E-state index is 0.167. The van der Waals surface area contributed by atoms with E-state index >= 15 is 0 Å². The highest BCUT2D eigenvalue weighted by Crippen LogP contribution is 2.31. The van der Waals surface area contributed by atoms with Crippen LogP contribution in [0.3, 0.4) is 0 Å². The van der Waals surface area contributed by atoms with E-state index in [2.05, 4.69) is 5.32 Å². The van der Waals surface area contributed by atoms with Crippen LogP contribution in [0.25, 0.3) is 0 Å². The first-order valence-corrected chi connectivity index (χ1v) is 12.6. The molecule has 0 saturated heterocycles. The SMILES string of the molecule is CCNC(=O)C(C)N(Cc1ccc(C)cc1)C(=O)CN(c1cc(C)ccc1OC)S(C)(=O)=O. The highest BCUT2D eigenvalue weighted by atomic mass is 32.2. The molecule has 2 aromatic rings. The van der Waals surface area contributed by atoms with Crippen LogP contribution in [0.15, 0.2) is 42.5 Å². The van der Waals surface area contributed by atoms with E-state index in [0.717, 1.165) is 27.3 Å². The van der Waals surface area contributed by atoms with Crippen molar-refractivity contribution in [3.63, 3.8) is 0 Å². The van der Waals surface area contributed by atoms with Crippen molar-refractivity contribution in [2.75, 3.05) is 30.8 Å². The van der Waals surface area contributed by atoms with Gasteiger partial charge in [0.15, 0.2) is 0 Å². The number of carbonyl (C=O) groups excluding carboxylic acids is 2. The molecule has 1 unspecified atom stereocenters. The molecule has 0 fully saturated rings. The number of sulfonamides is 1. The van der Waals surface area contributed by atoms with Crippen molar-refractivity contribution in [1.29, 1.82) is 0 Å². The summed E-state index contributed by atoms with van der Waals surface area (Å²) in [4.78, 5) is 27.5. The Labute approximate surface area is 196 Å². The maximum atomic E-state index is 13.5. The maximum absolute atomic E-state index is 13.5. The second-order valence-corrected chi connectivity index (χ2v) is 9.93. The van der Waals surface area contributed by atoms with E-state index in [0.29, 0.717) is 12.3 Å². The molecule has 0 radical (unpaired) electrons. The Kier molecular flexibility index (Phi) is 8.87. The van der Waals surface area contributed by atoms with Crippen molar-refractivity contribution >= 4 is 27.5 Å². The van der Waals surface area contributed by atoms with Gasteiger partial charge in [0.1, 0.15) is 18.3 Å². The predicted octanol–water partition coefficient (Wildman–Crippen LogP) is 2.63. The van der Waals surface area contributed by atoms with E-state index in [1.165, 1.54) is 12.0 Å². The number of benzene rings is 2. The molecule has 2 amide bonds. The monoisotopic (exact) mass is 475 g/mol. The van der Waals surface area contributed by atoms with Gasteiger partial charge in [-0.25, -0.2) is 8.42 Å². The van der Waals surface area contributed by atoms with Crippen molar-refractivity contribution in [2.45, 2.75) is 40.3 Å². The van der Waals surface area contributed by atoms with Crippen molar-refractivity contribution in [3.8, 4) is 5.75 Å². The van der Waals surface area contributed by atoms with E-state index in [9.17, 15) is 18.0 Å². The molecule has 180 valence electrons. The fourth-order valence-electron chi connectivity index (χ4n) is 3.38. The minimum Gasteiger partial charge on any atom is -0.495 e. The zero-order chi connectivity index (χ0) is 24.8. The molecule has 1 atom stereocenters. The van der Waals surface area contributed by atoms with E-state index in [1.54, 1.807) is 32.0 Å². The smallest absolute Gasteiger partial charge is 0.244 e. The average Bonchev–Trinajstić information content (AvgIpc) is 2.75. The Hall–Kier alpha value is -3.07. The molecule has 0 aliphatic rings. The van der Waals surface area contributed by atoms with Crippen molar-refractivity contribution < 1.29 is 22.7 Å². The molecule has 0 spiro atoms. The third-order valence-electron chi connectivity index (χ3n) is 5.27. The maximum Gasteiger partial charge on any atom is 0.244 e. The van der Waals surface area contributed by atoms with Gasteiger partial charge in [-0.2, -0.15) is 0 Å². The van der Waals surface area contributed by atoms with E-state index in [1.807, 2.05) is 38.1 Å². The molecule has 2 aromatic carbocycles. The lowest BCUT2D eigenvalue weighted by molar-refractivity contribution is -0.139. The van der Waals surface area contributed by atoms with Crippen LogP contribution in [0, 0.1) is 13.8 Å². The van der Waals surface area contributed by atoms with Crippen LogP contribution in [-0.4, -0.2) is 57.6 Å². The summed E-state index contributed by atoms with van der Waals surface area (Å²) in [6.45, 7) is 7.34. The molecule has 2 rings (SSSR count). The Morgan fingerprint density at radius 2 is 1.67 bits per heavy atom. The van der Waals surface area contributed by atoms with Gasteiger partial charge in [-0.15, -0.1) is 0 Å². The molecule has 8 nitrogen and oxygen atoms in total. The predicted molar refractivity (Wildman–Crippen MR) is 130 cm³/mol. The van der Waals surface area contributed by atoms with Gasteiger partial charge in [-0.3, -0.25) is 13.9 Å². The lowest BCUT2D eigenvalue weighted by Crippen LogP contribution is -2.51. The van der Waals surface area contributed by atoms with E-state index < -0.39 is 28.5 Å². The Balaban J connectivity index is 2.44. The summed E-state index contributed by atoms with van der Waals surface area (Å²) < 4.78 is 31.8. The summed E-state index contributed by atoms with van der Waals surface area (Å²) in [6.07, 6.45) is 1.04. The van der Waals surface area contributed by atoms with Crippen molar-refractivity contribution in [2.24, 2.45) is 0 Å². The third-order valence-corrected chi connectivity index (χ3v) is 6.40. The molecule has 0 bridgehead atoms. The highest BCUT2D eigenvalue weighted by molar-refractivity contribution is 7.92. The molecule has 0 aliphatic carbocycles. The van der Waals surface area contributed by atoms with Crippen LogP contribution in [-0.2, 0) is 26.2 Å². The van der Waals surface area contributed by atoms with Crippen LogP contribution in [0.1, 0.15) is 30.5 Å². The number of nitrogens with one attached hydrogen (secondary N) is 1. The first kappa shape index (κ1) is 26.2. The number of carbonyl (C=O) groups is 2. The molecule has 0 aliphatic heterocycles. The fraction of sp³-hybridized carbons (Fsp3) is 0.417. The largest absolute Gasteiger partial charge is 0.495 e. The van der Waals surface area contributed by atoms with Gasteiger partial charge in [0, 0.05) is 13.1 Å². The van der Waals surface area contributed by atoms with Gasteiger partial charge in [-0.05, 0) is 51.0 Å². The van der Waals surface area contributed by atoms with Gasteiger partial charge < -0.3 is 15.0 Å². The van der Waals surface area contributed by atoms with Gasteiger partial charge in [-0.1, -0.05) is 35.9 Å². The summed E-state index contributed by atoms with van der Waals surface area (Å²) in [5.41, 5.74) is 3.00. The standard InChI is InChI=1S/C24H33N3O5S/c1-7-25-24(29)19(4)26(15-20-11-8-17(2)9-12-20)23(28)16-27(33(6,30)31)21-14-18(3)10-13-22(21)32-5/h8-14,19H,7,15-16H2,1-6H3,(H,25,29). The fourth-order valence-corrected chi connectivity index (χ4v) is 4.23. The first-order valence-electron chi connectivity index (χ1n) is 10.7. The first-order chi connectivity index (χ1) is 15.5. The van der Waals surface area contributed by atoms with Crippen LogP contribution >= 0.6 is 0 Å². The number of hydrogen-bond donors (Lipinski definition) is 1. The molecule has 0 aromatic heterocycles. The second kappa shape index (κ2) is 11.2. The number of rotatable bonds is 10. The molecular weight excluding hydrogens is 442 g/mol. The average molecular weight is 476 g/mol. The van der Waals surface area contributed by atoms with E-state index in [-0.39, 0.29) is 18.1 Å². The Morgan fingerprint density at radius 3 is 2.21 bits per heavy atom. The van der Waals surface area contributed by atoms with Gasteiger partial charge >= 0.3 is 0 Å². The number of hydrogen-bond acceptors (Lipinski definition) is 5. The normalized spacial score (nSPS) is 12.1. The van der Waals surface area contributed by atoms with Crippen LogP contribution < -0.4 is 14.4 Å². The summed E-state index contributed by atoms with van der Waals surface area (Å²) in [7, 11) is -2.38. The molecule has 33 heavy (non-hydrogen) atoms. The number of nitrogens with zero attached hydrogens (tertiary/aromatic N) is 2. The van der Waals surface area contributed by atoms with Gasteiger partial charge in [0.25, 0.3) is 0 Å². The Morgan fingerprint density at radius 1 is 1.06 bits per heavy atom. The third kappa shape index (κ3) is 6.95. The summed E-state index contributed by atoms with van der Waals surface area (Å²) in [6, 6.07) is 11.9. The summed E-state index contributed by atoms with van der Waals surface area (Å²) in [5, 5.41) is 2.73. The number of likely N-dealkylation sites (N-methyl/N-ethyl adjacent to an activating group) is 1.